The standard InChI is InChI=1S/C10H12N4/c1-12-5-7-2-3-8-9(4-7)13-6-14-10(8)11/h2-4,6,12H,5H2,1H3,(H2,11,13,14). The fourth-order valence-electron chi connectivity index (χ4n) is 1.44. The van der Waals surface area contributed by atoms with Gasteiger partial charge in [-0.2, -0.15) is 0 Å². The summed E-state index contributed by atoms with van der Waals surface area (Å²) in [5, 5.41) is 4.00. The quantitative estimate of drug-likeness (QED) is 0.736. The van der Waals surface area contributed by atoms with Crippen LogP contribution in [0.2, 0.25) is 0 Å². The van der Waals surface area contributed by atoms with Gasteiger partial charge in [-0.05, 0) is 24.7 Å². The predicted molar refractivity (Wildman–Crippen MR) is 56.7 cm³/mol. The van der Waals surface area contributed by atoms with Crippen molar-refractivity contribution in [3.8, 4) is 0 Å². The number of nitrogens with zero attached hydrogens (tertiary/aromatic N) is 2. The monoisotopic (exact) mass is 188 g/mol. The molecule has 0 radical (unpaired) electrons. The Hall–Kier alpha value is -1.68. The van der Waals surface area contributed by atoms with E-state index in [0.717, 1.165) is 17.4 Å². The summed E-state index contributed by atoms with van der Waals surface area (Å²) in [6, 6.07) is 6.00. The van der Waals surface area contributed by atoms with E-state index in [4.69, 9.17) is 5.73 Å². The minimum atomic E-state index is 0.533. The van der Waals surface area contributed by atoms with E-state index in [-0.39, 0.29) is 0 Å². The molecule has 0 saturated carbocycles. The Kier molecular flexibility index (Phi) is 2.28. The highest BCUT2D eigenvalue weighted by atomic mass is 14.9. The van der Waals surface area contributed by atoms with Gasteiger partial charge in [0.05, 0.1) is 5.52 Å². The number of rotatable bonds is 2. The van der Waals surface area contributed by atoms with E-state index < -0.39 is 0 Å². The van der Waals surface area contributed by atoms with Gasteiger partial charge in [0.1, 0.15) is 12.1 Å². The number of anilines is 1. The van der Waals surface area contributed by atoms with Gasteiger partial charge in [-0.25, -0.2) is 9.97 Å². The summed E-state index contributed by atoms with van der Waals surface area (Å²) in [4.78, 5) is 8.10. The van der Waals surface area contributed by atoms with Gasteiger partial charge in [-0.3, -0.25) is 0 Å². The van der Waals surface area contributed by atoms with Crippen LogP contribution in [0.15, 0.2) is 24.5 Å². The smallest absolute Gasteiger partial charge is 0.134 e. The summed E-state index contributed by atoms with van der Waals surface area (Å²) < 4.78 is 0. The summed E-state index contributed by atoms with van der Waals surface area (Å²) in [5.74, 6) is 0.533. The second-order valence-corrected chi connectivity index (χ2v) is 3.14. The lowest BCUT2D eigenvalue weighted by Crippen LogP contribution is -2.05. The van der Waals surface area contributed by atoms with Crippen LogP contribution < -0.4 is 11.1 Å². The molecule has 0 fully saturated rings. The van der Waals surface area contributed by atoms with Crippen molar-refractivity contribution in [2.45, 2.75) is 6.54 Å². The van der Waals surface area contributed by atoms with Crippen LogP contribution in [0.3, 0.4) is 0 Å². The van der Waals surface area contributed by atoms with E-state index in [0.29, 0.717) is 5.82 Å². The lowest BCUT2D eigenvalue weighted by molar-refractivity contribution is 0.819. The second kappa shape index (κ2) is 3.59. The number of hydrogen-bond donors (Lipinski definition) is 2. The normalized spacial score (nSPS) is 10.6. The SMILES string of the molecule is CNCc1ccc2c(N)ncnc2c1. The Morgan fingerprint density at radius 2 is 2.21 bits per heavy atom. The molecule has 0 unspecified atom stereocenters. The van der Waals surface area contributed by atoms with E-state index >= 15 is 0 Å². The second-order valence-electron chi connectivity index (χ2n) is 3.14. The van der Waals surface area contributed by atoms with Crippen molar-refractivity contribution in [2.75, 3.05) is 12.8 Å². The highest BCUT2D eigenvalue weighted by molar-refractivity contribution is 5.87. The van der Waals surface area contributed by atoms with Crippen molar-refractivity contribution in [1.29, 1.82) is 0 Å². The zero-order valence-electron chi connectivity index (χ0n) is 7.99. The zero-order valence-corrected chi connectivity index (χ0v) is 7.99. The minimum absolute atomic E-state index is 0.533. The zero-order chi connectivity index (χ0) is 9.97. The van der Waals surface area contributed by atoms with Gasteiger partial charge in [0.15, 0.2) is 0 Å². The average molecular weight is 188 g/mol. The van der Waals surface area contributed by atoms with Crippen LogP contribution in [0.4, 0.5) is 5.82 Å². The lowest BCUT2D eigenvalue weighted by atomic mass is 10.1. The molecule has 0 bridgehead atoms. The maximum Gasteiger partial charge on any atom is 0.134 e. The van der Waals surface area contributed by atoms with Gasteiger partial charge >= 0.3 is 0 Å². The van der Waals surface area contributed by atoms with Gasteiger partial charge in [-0.15, -0.1) is 0 Å². The van der Waals surface area contributed by atoms with E-state index in [9.17, 15) is 0 Å². The summed E-state index contributed by atoms with van der Waals surface area (Å²) in [7, 11) is 1.92. The molecule has 0 spiro atoms. The number of benzene rings is 1. The number of hydrogen-bond acceptors (Lipinski definition) is 4. The molecule has 14 heavy (non-hydrogen) atoms. The van der Waals surface area contributed by atoms with Gasteiger partial charge in [0, 0.05) is 11.9 Å². The lowest BCUT2D eigenvalue weighted by Gasteiger charge is -2.03. The van der Waals surface area contributed by atoms with Gasteiger partial charge in [0.25, 0.3) is 0 Å². The van der Waals surface area contributed by atoms with Crippen LogP contribution >= 0.6 is 0 Å². The molecule has 72 valence electrons. The molecule has 0 aliphatic carbocycles. The Bertz CT molecular complexity index is 453. The Morgan fingerprint density at radius 1 is 1.36 bits per heavy atom. The minimum Gasteiger partial charge on any atom is -0.383 e. The fourth-order valence-corrected chi connectivity index (χ4v) is 1.44. The molecule has 0 amide bonds. The first-order valence-electron chi connectivity index (χ1n) is 4.45. The maximum atomic E-state index is 5.71. The Balaban J connectivity index is 2.56. The molecule has 0 saturated heterocycles. The molecular weight excluding hydrogens is 176 g/mol. The third-order valence-corrected chi connectivity index (χ3v) is 2.11. The molecule has 0 aliphatic rings. The van der Waals surface area contributed by atoms with Crippen LogP contribution in [0.25, 0.3) is 10.9 Å². The number of nitrogens with one attached hydrogen (secondary N) is 1. The molecule has 2 rings (SSSR count). The van der Waals surface area contributed by atoms with Crippen molar-refractivity contribution >= 4 is 16.7 Å². The molecular formula is C10H12N4. The first-order valence-corrected chi connectivity index (χ1v) is 4.45. The van der Waals surface area contributed by atoms with Crippen molar-refractivity contribution in [1.82, 2.24) is 15.3 Å². The maximum absolute atomic E-state index is 5.71. The van der Waals surface area contributed by atoms with Crippen LogP contribution in [0.5, 0.6) is 0 Å². The third-order valence-electron chi connectivity index (χ3n) is 2.11. The number of nitrogen functional groups attached to an aromatic ring is 1. The van der Waals surface area contributed by atoms with Gasteiger partial charge < -0.3 is 11.1 Å². The molecule has 1 aromatic heterocycles. The molecule has 0 aliphatic heterocycles. The predicted octanol–water partition coefficient (Wildman–Crippen LogP) is 0.931. The molecule has 4 heteroatoms. The van der Waals surface area contributed by atoms with Crippen molar-refractivity contribution < 1.29 is 0 Å². The highest BCUT2D eigenvalue weighted by Crippen LogP contribution is 2.17. The third kappa shape index (κ3) is 1.52. The Labute approximate surface area is 82.2 Å². The topological polar surface area (TPSA) is 63.8 Å². The number of fused-ring (bicyclic) bond motifs is 1. The number of nitrogens with two attached hydrogens (primary N) is 1. The molecule has 1 heterocycles. The van der Waals surface area contributed by atoms with E-state index in [1.54, 1.807) is 0 Å². The molecule has 2 aromatic rings. The number of aromatic nitrogens is 2. The van der Waals surface area contributed by atoms with Crippen LogP contribution in [-0.4, -0.2) is 17.0 Å². The van der Waals surface area contributed by atoms with Crippen LogP contribution in [0.1, 0.15) is 5.56 Å². The summed E-state index contributed by atoms with van der Waals surface area (Å²) >= 11 is 0. The first kappa shape index (κ1) is 8.90. The largest absolute Gasteiger partial charge is 0.383 e. The molecule has 0 atom stereocenters. The first-order chi connectivity index (χ1) is 6.81. The van der Waals surface area contributed by atoms with Crippen molar-refractivity contribution in [2.24, 2.45) is 0 Å². The molecule has 1 aromatic carbocycles. The highest BCUT2D eigenvalue weighted by Gasteiger charge is 2.00. The summed E-state index contributed by atoms with van der Waals surface area (Å²) in [5.41, 5.74) is 7.80. The van der Waals surface area contributed by atoms with Crippen molar-refractivity contribution in [3.05, 3.63) is 30.1 Å². The van der Waals surface area contributed by atoms with Crippen molar-refractivity contribution in [3.63, 3.8) is 0 Å². The Morgan fingerprint density at radius 3 is 3.00 bits per heavy atom. The van der Waals surface area contributed by atoms with Gasteiger partial charge in [0.2, 0.25) is 0 Å². The average Bonchev–Trinajstić information content (AvgIpc) is 2.18. The summed E-state index contributed by atoms with van der Waals surface area (Å²) in [6.45, 7) is 0.833. The van der Waals surface area contributed by atoms with E-state index in [2.05, 4.69) is 15.3 Å². The fraction of sp³-hybridized carbons (Fsp3) is 0.200. The summed E-state index contributed by atoms with van der Waals surface area (Å²) in [6.07, 6.45) is 1.49. The molecule has 3 N–H and O–H groups in total. The van der Waals surface area contributed by atoms with Crippen LogP contribution in [0, 0.1) is 0 Å². The van der Waals surface area contributed by atoms with E-state index in [1.807, 2.05) is 25.2 Å². The van der Waals surface area contributed by atoms with E-state index in [1.165, 1.54) is 11.9 Å². The molecule has 4 nitrogen and oxygen atoms in total. The van der Waals surface area contributed by atoms with Gasteiger partial charge in [-0.1, -0.05) is 6.07 Å². The van der Waals surface area contributed by atoms with Crippen LogP contribution in [-0.2, 0) is 6.54 Å².